The third kappa shape index (κ3) is 3.77. The molecule has 0 aliphatic rings. The molecule has 1 aromatic carbocycles. The fraction of sp³-hybridized carbons (Fsp3) is 0.417. The van der Waals surface area contributed by atoms with Gasteiger partial charge < -0.3 is 10.4 Å². The van der Waals surface area contributed by atoms with E-state index in [-0.39, 0.29) is 0 Å². The number of carboxylic acid groups (broad SMARTS) is 1. The molecule has 88 valence electrons. The molecule has 4 heteroatoms. The Hall–Kier alpha value is -1.16. The third-order valence-corrected chi connectivity index (χ3v) is 3.01. The molecule has 1 rings (SSSR count). The molecule has 1 aromatic rings. The van der Waals surface area contributed by atoms with Gasteiger partial charge in [0, 0.05) is 12.2 Å². The van der Waals surface area contributed by atoms with E-state index in [0.717, 1.165) is 30.0 Å². The molecule has 0 heterocycles. The van der Waals surface area contributed by atoms with Crippen LogP contribution in [0.1, 0.15) is 22.3 Å². The molecule has 0 amide bonds. The van der Waals surface area contributed by atoms with Crippen molar-refractivity contribution in [1.29, 1.82) is 0 Å². The summed E-state index contributed by atoms with van der Waals surface area (Å²) in [7, 11) is 0. The van der Waals surface area contributed by atoms with Crippen molar-refractivity contribution in [2.24, 2.45) is 0 Å². The van der Waals surface area contributed by atoms with Gasteiger partial charge in [0.25, 0.3) is 0 Å². The maximum atomic E-state index is 10.7. The van der Waals surface area contributed by atoms with Crippen LogP contribution < -0.4 is 5.32 Å². The maximum Gasteiger partial charge on any atom is 0.335 e. The summed E-state index contributed by atoms with van der Waals surface area (Å²) in [5.41, 5.74) is 2.34. The van der Waals surface area contributed by atoms with Gasteiger partial charge >= 0.3 is 5.97 Å². The quantitative estimate of drug-likeness (QED) is 0.749. The summed E-state index contributed by atoms with van der Waals surface area (Å²) in [6.45, 7) is 2.84. The number of carbonyl (C=O) groups is 1. The van der Waals surface area contributed by atoms with Crippen LogP contribution >= 0.6 is 11.8 Å². The molecule has 2 N–H and O–H groups in total. The Kier molecular flexibility index (Phi) is 5.19. The number of anilines is 1. The van der Waals surface area contributed by atoms with Crippen LogP contribution in [0.25, 0.3) is 0 Å². The second kappa shape index (κ2) is 6.43. The standard InChI is InChI=1S/C12H17NO2S/c1-9-8-10(12(14)15)4-5-11(9)13-6-3-7-16-2/h4-5,8,13H,3,6-7H2,1-2H3,(H,14,15). The second-order valence-electron chi connectivity index (χ2n) is 3.61. The van der Waals surface area contributed by atoms with Gasteiger partial charge in [-0.15, -0.1) is 0 Å². The van der Waals surface area contributed by atoms with Crippen molar-refractivity contribution in [3.05, 3.63) is 29.3 Å². The Labute approximate surface area is 100 Å². The van der Waals surface area contributed by atoms with Gasteiger partial charge in [-0.25, -0.2) is 4.79 Å². The minimum atomic E-state index is -0.878. The van der Waals surface area contributed by atoms with E-state index in [1.807, 2.05) is 24.8 Å². The molecule has 0 radical (unpaired) electrons. The number of rotatable bonds is 6. The van der Waals surface area contributed by atoms with Crippen molar-refractivity contribution in [1.82, 2.24) is 0 Å². The third-order valence-electron chi connectivity index (χ3n) is 2.31. The topological polar surface area (TPSA) is 49.3 Å². The van der Waals surface area contributed by atoms with Gasteiger partial charge in [-0.2, -0.15) is 11.8 Å². The highest BCUT2D eigenvalue weighted by Gasteiger charge is 2.04. The molecule has 0 atom stereocenters. The van der Waals surface area contributed by atoms with E-state index >= 15 is 0 Å². The zero-order valence-electron chi connectivity index (χ0n) is 9.62. The first-order valence-electron chi connectivity index (χ1n) is 5.22. The van der Waals surface area contributed by atoms with Gasteiger partial charge in [0.1, 0.15) is 0 Å². The lowest BCUT2D eigenvalue weighted by Crippen LogP contribution is -2.05. The summed E-state index contributed by atoms with van der Waals surface area (Å²) in [5, 5.41) is 12.1. The van der Waals surface area contributed by atoms with E-state index in [0.29, 0.717) is 5.56 Å². The average molecular weight is 239 g/mol. The predicted octanol–water partition coefficient (Wildman–Crippen LogP) is 2.86. The Balaban J connectivity index is 2.57. The number of nitrogens with one attached hydrogen (secondary N) is 1. The molecule has 0 aliphatic carbocycles. The highest BCUT2D eigenvalue weighted by Crippen LogP contribution is 2.16. The minimum absolute atomic E-state index is 0.340. The lowest BCUT2D eigenvalue weighted by molar-refractivity contribution is 0.0697. The van der Waals surface area contributed by atoms with Gasteiger partial charge in [-0.05, 0) is 49.1 Å². The number of aromatic carboxylic acids is 1. The van der Waals surface area contributed by atoms with Crippen molar-refractivity contribution >= 4 is 23.4 Å². The van der Waals surface area contributed by atoms with E-state index in [1.165, 1.54) is 0 Å². The molecule has 0 bridgehead atoms. The van der Waals surface area contributed by atoms with Crippen molar-refractivity contribution in [3.63, 3.8) is 0 Å². The summed E-state index contributed by atoms with van der Waals surface area (Å²) < 4.78 is 0. The van der Waals surface area contributed by atoms with Crippen LogP contribution in [-0.2, 0) is 0 Å². The molecule has 0 spiro atoms. The Morgan fingerprint density at radius 1 is 1.50 bits per heavy atom. The van der Waals surface area contributed by atoms with E-state index in [9.17, 15) is 4.79 Å². The molecule has 16 heavy (non-hydrogen) atoms. The number of hydrogen-bond donors (Lipinski definition) is 2. The molecule has 0 fully saturated rings. The van der Waals surface area contributed by atoms with Crippen LogP contribution in [0.15, 0.2) is 18.2 Å². The maximum absolute atomic E-state index is 10.7. The lowest BCUT2D eigenvalue weighted by Gasteiger charge is -2.09. The van der Waals surface area contributed by atoms with Crippen molar-refractivity contribution in [3.8, 4) is 0 Å². The van der Waals surface area contributed by atoms with Crippen molar-refractivity contribution < 1.29 is 9.90 Å². The van der Waals surface area contributed by atoms with Crippen molar-refractivity contribution in [2.45, 2.75) is 13.3 Å². The van der Waals surface area contributed by atoms with Crippen LogP contribution in [0.2, 0.25) is 0 Å². The Bertz CT molecular complexity index is 366. The van der Waals surface area contributed by atoms with E-state index < -0.39 is 5.97 Å². The van der Waals surface area contributed by atoms with Crippen LogP contribution in [0.5, 0.6) is 0 Å². The summed E-state index contributed by atoms with van der Waals surface area (Å²) in [4.78, 5) is 10.7. The first-order valence-corrected chi connectivity index (χ1v) is 6.61. The summed E-state index contributed by atoms with van der Waals surface area (Å²) in [6, 6.07) is 5.16. The van der Waals surface area contributed by atoms with E-state index in [1.54, 1.807) is 12.1 Å². The Morgan fingerprint density at radius 2 is 2.25 bits per heavy atom. The number of carboxylic acids is 1. The van der Waals surface area contributed by atoms with Gasteiger partial charge in [0.2, 0.25) is 0 Å². The Morgan fingerprint density at radius 3 is 2.81 bits per heavy atom. The van der Waals surface area contributed by atoms with Gasteiger partial charge in [-0.3, -0.25) is 0 Å². The molecule has 0 saturated carbocycles. The largest absolute Gasteiger partial charge is 0.478 e. The smallest absolute Gasteiger partial charge is 0.335 e. The van der Waals surface area contributed by atoms with Gasteiger partial charge in [0.05, 0.1) is 5.56 Å². The zero-order valence-corrected chi connectivity index (χ0v) is 10.4. The SMILES string of the molecule is CSCCCNc1ccc(C(=O)O)cc1C. The van der Waals surface area contributed by atoms with Gasteiger partial charge in [-0.1, -0.05) is 0 Å². The highest BCUT2D eigenvalue weighted by atomic mass is 32.2. The molecular weight excluding hydrogens is 222 g/mol. The minimum Gasteiger partial charge on any atom is -0.478 e. The molecule has 0 saturated heterocycles. The number of hydrogen-bond acceptors (Lipinski definition) is 3. The van der Waals surface area contributed by atoms with Crippen LogP contribution in [0.3, 0.4) is 0 Å². The first-order chi connectivity index (χ1) is 7.65. The van der Waals surface area contributed by atoms with E-state index in [2.05, 4.69) is 11.6 Å². The predicted molar refractivity (Wildman–Crippen MR) is 69.6 cm³/mol. The fourth-order valence-electron chi connectivity index (χ4n) is 1.43. The molecule has 3 nitrogen and oxygen atoms in total. The molecule has 0 unspecified atom stereocenters. The zero-order chi connectivity index (χ0) is 12.0. The normalized spacial score (nSPS) is 10.1. The summed E-state index contributed by atoms with van der Waals surface area (Å²) in [6.07, 6.45) is 3.20. The summed E-state index contributed by atoms with van der Waals surface area (Å²) >= 11 is 1.83. The fourth-order valence-corrected chi connectivity index (χ4v) is 1.87. The molecular formula is C12H17NO2S. The van der Waals surface area contributed by atoms with Crippen molar-refractivity contribution in [2.75, 3.05) is 23.9 Å². The number of benzene rings is 1. The first kappa shape index (κ1) is 12.9. The average Bonchev–Trinajstić information content (AvgIpc) is 2.26. The number of thioether (sulfide) groups is 1. The van der Waals surface area contributed by atoms with Crippen LogP contribution in [-0.4, -0.2) is 29.6 Å². The second-order valence-corrected chi connectivity index (χ2v) is 4.59. The van der Waals surface area contributed by atoms with Gasteiger partial charge in [0.15, 0.2) is 0 Å². The summed E-state index contributed by atoms with van der Waals surface area (Å²) in [5.74, 6) is 0.260. The molecule has 0 aliphatic heterocycles. The number of aryl methyl sites for hydroxylation is 1. The van der Waals surface area contributed by atoms with Crippen LogP contribution in [0.4, 0.5) is 5.69 Å². The van der Waals surface area contributed by atoms with E-state index in [4.69, 9.17) is 5.11 Å². The highest BCUT2D eigenvalue weighted by molar-refractivity contribution is 7.98. The lowest BCUT2D eigenvalue weighted by atomic mass is 10.1. The van der Waals surface area contributed by atoms with Crippen LogP contribution in [0, 0.1) is 6.92 Å². The molecule has 0 aromatic heterocycles. The monoisotopic (exact) mass is 239 g/mol.